The molecule has 2 aromatic rings. The smallest absolute Gasteiger partial charge is 0.175 e. The summed E-state index contributed by atoms with van der Waals surface area (Å²) in [6.45, 7) is 3.74. The van der Waals surface area contributed by atoms with Gasteiger partial charge in [-0.1, -0.05) is 0 Å². The van der Waals surface area contributed by atoms with Crippen LogP contribution in [0.3, 0.4) is 0 Å². The third-order valence-electron chi connectivity index (χ3n) is 2.96. The lowest BCUT2D eigenvalue weighted by molar-refractivity contribution is 0.184. The van der Waals surface area contributed by atoms with Crippen LogP contribution in [0.4, 0.5) is 5.69 Å². The van der Waals surface area contributed by atoms with Gasteiger partial charge in [-0.3, -0.25) is 0 Å². The first-order valence-electron chi connectivity index (χ1n) is 5.53. The van der Waals surface area contributed by atoms with Crippen molar-refractivity contribution in [2.24, 2.45) is 0 Å². The summed E-state index contributed by atoms with van der Waals surface area (Å²) in [5, 5.41) is 9.89. The first kappa shape index (κ1) is 11.5. The van der Waals surface area contributed by atoms with E-state index in [4.69, 9.17) is 0 Å². The number of nitrogens with zero attached hydrogens (tertiary/aromatic N) is 3. The van der Waals surface area contributed by atoms with Crippen molar-refractivity contribution in [2.45, 2.75) is 13.8 Å². The summed E-state index contributed by atoms with van der Waals surface area (Å²) < 4.78 is 1.14. The largest absolute Gasteiger partial charge is 0.427 e. The monoisotopic (exact) mass is 231 g/mol. The molecule has 0 amide bonds. The second-order valence-corrected chi connectivity index (χ2v) is 4.36. The maximum Gasteiger partial charge on any atom is 0.175 e. The Morgan fingerprint density at radius 2 is 1.71 bits per heavy atom. The third-order valence-corrected chi connectivity index (χ3v) is 2.96. The highest BCUT2D eigenvalue weighted by Crippen LogP contribution is 2.23. The van der Waals surface area contributed by atoms with Crippen molar-refractivity contribution >= 4 is 5.69 Å². The van der Waals surface area contributed by atoms with Crippen molar-refractivity contribution in [3.8, 4) is 11.4 Å². The van der Waals surface area contributed by atoms with Gasteiger partial charge in [-0.05, 0) is 38.1 Å². The molecule has 0 fully saturated rings. The van der Waals surface area contributed by atoms with Gasteiger partial charge in [-0.2, -0.15) is 4.73 Å². The highest BCUT2D eigenvalue weighted by Gasteiger charge is 2.11. The zero-order valence-electron chi connectivity index (χ0n) is 10.6. The molecule has 0 unspecified atom stereocenters. The predicted octanol–water partition coefficient (Wildman–Crippen LogP) is 2.47. The second kappa shape index (κ2) is 4.13. The van der Waals surface area contributed by atoms with E-state index in [1.54, 1.807) is 0 Å². The van der Waals surface area contributed by atoms with E-state index in [0.717, 1.165) is 27.4 Å². The minimum atomic E-state index is 0.588. The number of aromatic nitrogens is 2. The van der Waals surface area contributed by atoms with Crippen molar-refractivity contribution in [1.29, 1.82) is 0 Å². The second-order valence-electron chi connectivity index (χ2n) is 4.36. The van der Waals surface area contributed by atoms with Crippen molar-refractivity contribution < 1.29 is 5.21 Å². The Hall–Kier alpha value is -1.97. The topological polar surface area (TPSA) is 41.3 Å². The molecule has 0 spiro atoms. The molecule has 1 heterocycles. The summed E-state index contributed by atoms with van der Waals surface area (Å²) >= 11 is 0. The van der Waals surface area contributed by atoms with Crippen LogP contribution in [0.5, 0.6) is 0 Å². The fourth-order valence-corrected chi connectivity index (χ4v) is 1.69. The lowest BCUT2D eigenvalue weighted by Crippen LogP contribution is -2.08. The molecule has 4 heteroatoms. The standard InChI is InChI=1S/C13H17N3O/c1-9-10(2)16(17)13(14-9)11-5-7-12(8-6-11)15(3)4/h5-8,17H,1-4H3. The number of hydrogen-bond donors (Lipinski definition) is 1. The molecule has 0 aliphatic rings. The normalized spacial score (nSPS) is 10.6. The molecule has 1 N–H and O–H groups in total. The number of imidazole rings is 1. The van der Waals surface area contributed by atoms with Crippen LogP contribution in [0.25, 0.3) is 11.4 Å². The minimum Gasteiger partial charge on any atom is -0.427 e. The summed E-state index contributed by atoms with van der Waals surface area (Å²) in [4.78, 5) is 6.39. The van der Waals surface area contributed by atoms with Gasteiger partial charge in [-0.25, -0.2) is 4.98 Å². The zero-order valence-corrected chi connectivity index (χ0v) is 10.6. The molecule has 4 nitrogen and oxygen atoms in total. The van der Waals surface area contributed by atoms with E-state index in [1.807, 2.05) is 57.1 Å². The summed E-state index contributed by atoms with van der Waals surface area (Å²) in [5.41, 5.74) is 3.66. The molecule has 0 aliphatic heterocycles. The van der Waals surface area contributed by atoms with Gasteiger partial charge in [0, 0.05) is 25.3 Å². The number of aryl methyl sites for hydroxylation is 1. The Morgan fingerprint density at radius 1 is 1.12 bits per heavy atom. The van der Waals surface area contributed by atoms with Crippen LogP contribution in [0.1, 0.15) is 11.4 Å². The van der Waals surface area contributed by atoms with Crippen LogP contribution in [-0.2, 0) is 0 Å². The van der Waals surface area contributed by atoms with Crippen LogP contribution in [0.2, 0.25) is 0 Å². The van der Waals surface area contributed by atoms with Crippen molar-refractivity contribution in [3.63, 3.8) is 0 Å². The number of rotatable bonds is 2. The molecule has 0 aliphatic carbocycles. The molecule has 0 saturated carbocycles. The molecule has 1 aromatic heterocycles. The SMILES string of the molecule is Cc1nc(-c2ccc(N(C)C)cc2)n(O)c1C. The Bertz CT molecular complexity index is 526. The maximum absolute atomic E-state index is 9.89. The van der Waals surface area contributed by atoms with Crippen LogP contribution in [-0.4, -0.2) is 29.0 Å². The summed E-state index contributed by atoms with van der Waals surface area (Å²) in [5.74, 6) is 0.588. The fraction of sp³-hybridized carbons (Fsp3) is 0.308. The van der Waals surface area contributed by atoms with E-state index in [9.17, 15) is 5.21 Å². The van der Waals surface area contributed by atoms with Crippen LogP contribution in [0, 0.1) is 13.8 Å². The Labute approximate surface area is 101 Å². The predicted molar refractivity (Wildman–Crippen MR) is 68.6 cm³/mol. The average Bonchev–Trinajstić information content (AvgIpc) is 2.57. The van der Waals surface area contributed by atoms with Gasteiger partial charge >= 0.3 is 0 Å². The first-order chi connectivity index (χ1) is 8.00. The Kier molecular flexibility index (Phi) is 2.79. The van der Waals surface area contributed by atoms with Crippen LogP contribution in [0.15, 0.2) is 24.3 Å². The lowest BCUT2D eigenvalue weighted by atomic mass is 10.2. The number of anilines is 1. The molecular formula is C13H17N3O. The van der Waals surface area contributed by atoms with E-state index < -0.39 is 0 Å². The van der Waals surface area contributed by atoms with Crippen molar-refractivity contribution in [2.75, 3.05) is 19.0 Å². The van der Waals surface area contributed by atoms with Gasteiger partial charge in [0.1, 0.15) is 0 Å². The minimum absolute atomic E-state index is 0.588. The zero-order chi connectivity index (χ0) is 12.6. The fourth-order valence-electron chi connectivity index (χ4n) is 1.69. The number of benzene rings is 1. The van der Waals surface area contributed by atoms with E-state index >= 15 is 0 Å². The molecule has 0 atom stereocenters. The summed E-state index contributed by atoms with van der Waals surface area (Å²) in [6.07, 6.45) is 0. The highest BCUT2D eigenvalue weighted by molar-refractivity contribution is 5.61. The Balaban J connectivity index is 2.43. The van der Waals surface area contributed by atoms with Crippen LogP contribution >= 0.6 is 0 Å². The molecule has 90 valence electrons. The van der Waals surface area contributed by atoms with E-state index in [0.29, 0.717) is 5.82 Å². The molecule has 17 heavy (non-hydrogen) atoms. The molecule has 1 aromatic carbocycles. The molecule has 0 bridgehead atoms. The third kappa shape index (κ3) is 1.98. The first-order valence-corrected chi connectivity index (χ1v) is 5.53. The molecule has 2 rings (SSSR count). The highest BCUT2D eigenvalue weighted by atomic mass is 16.5. The molecular weight excluding hydrogens is 214 g/mol. The van der Waals surface area contributed by atoms with Gasteiger partial charge < -0.3 is 10.1 Å². The quantitative estimate of drug-likeness (QED) is 0.807. The van der Waals surface area contributed by atoms with Gasteiger partial charge in [0.25, 0.3) is 0 Å². The van der Waals surface area contributed by atoms with Crippen molar-refractivity contribution in [1.82, 2.24) is 9.71 Å². The summed E-state index contributed by atoms with van der Waals surface area (Å²) in [6, 6.07) is 7.94. The molecule has 0 radical (unpaired) electrons. The van der Waals surface area contributed by atoms with E-state index in [1.165, 1.54) is 0 Å². The average molecular weight is 231 g/mol. The molecule has 0 saturated heterocycles. The lowest BCUT2D eigenvalue weighted by Gasteiger charge is -2.12. The van der Waals surface area contributed by atoms with Gasteiger partial charge in [-0.15, -0.1) is 0 Å². The maximum atomic E-state index is 9.89. The van der Waals surface area contributed by atoms with Gasteiger partial charge in [0.2, 0.25) is 0 Å². The van der Waals surface area contributed by atoms with E-state index in [2.05, 4.69) is 4.98 Å². The van der Waals surface area contributed by atoms with E-state index in [-0.39, 0.29) is 0 Å². The number of hydrogen-bond acceptors (Lipinski definition) is 3. The Morgan fingerprint density at radius 3 is 2.12 bits per heavy atom. The van der Waals surface area contributed by atoms with Crippen molar-refractivity contribution in [3.05, 3.63) is 35.7 Å². The van der Waals surface area contributed by atoms with Gasteiger partial charge in [0.05, 0.1) is 11.4 Å². The van der Waals surface area contributed by atoms with Gasteiger partial charge in [0.15, 0.2) is 5.82 Å². The van der Waals surface area contributed by atoms with Crippen LogP contribution < -0.4 is 4.90 Å². The summed E-state index contributed by atoms with van der Waals surface area (Å²) in [7, 11) is 3.99.